The van der Waals surface area contributed by atoms with Crippen molar-refractivity contribution in [1.29, 1.82) is 0 Å². The molecule has 2 nitrogen and oxygen atoms in total. The van der Waals surface area contributed by atoms with Crippen LogP contribution in [-0.2, 0) is 12.8 Å². The van der Waals surface area contributed by atoms with E-state index in [1.54, 1.807) is 14.2 Å². The summed E-state index contributed by atoms with van der Waals surface area (Å²) in [4.78, 5) is 0. The molecule has 2 rings (SSSR count). The zero-order valence-corrected chi connectivity index (χ0v) is 10.8. The highest BCUT2D eigenvalue weighted by Crippen LogP contribution is 2.29. The van der Waals surface area contributed by atoms with Crippen LogP contribution in [0.1, 0.15) is 11.1 Å². The maximum Gasteiger partial charge on any atom is 0.125 e. The van der Waals surface area contributed by atoms with Crippen LogP contribution in [-0.4, -0.2) is 14.2 Å². The number of hydrogen-bond acceptors (Lipinski definition) is 2. The first-order chi connectivity index (χ1) is 8.85. The summed E-state index contributed by atoms with van der Waals surface area (Å²) < 4.78 is 10.8. The Morgan fingerprint density at radius 1 is 0.722 bits per heavy atom. The molecule has 0 N–H and O–H groups in total. The molecule has 2 aromatic carbocycles. The first-order valence-electron chi connectivity index (χ1n) is 6.09. The van der Waals surface area contributed by atoms with E-state index in [1.165, 1.54) is 5.56 Å². The molecule has 0 heterocycles. The van der Waals surface area contributed by atoms with Gasteiger partial charge in [-0.05, 0) is 30.5 Å². The molecule has 0 unspecified atom stereocenters. The number of benzene rings is 2. The standard InChI is InChI=1S/C16H18O2/c1-17-15-9-6-10-16(18-2)14(15)12-11-13-7-4-3-5-8-13/h3-10H,11-12H2,1-2H3. The second-order valence-corrected chi connectivity index (χ2v) is 4.13. The van der Waals surface area contributed by atoms with Crippen LogP contribution in [0.15, 0.2) is 48.5 Å². The quantitative estimate of drug-likeness (QED) is 0.799. The molecule has 0 amide bonds. The van der Waals surface area contributed by atoms with E-state index in [0.29, 0.717) is 0 Å². The largest absolute Gasteiger partial charge is 0.496 e. The van der Waals surface area contributed by atoms with Crippen molar-refractivity contribution in [2.75, 3.05) is 14.2 Å². The van der Waals surface area contributed by atoms with E-state index < -0.39 is 0 Å². The molecule has 0 bridgehead atoms. The minimum absolute atomic E-state index is 0.894. The van der Waals surface area contributed by atoms with Gasteiger partial charge in [-0.2, -0.15) is 0 Å². The lowest BCUT2D eigenvalue weighted by Gasteiger charge is -2.12. The monoisotopic (exact) mass is 242 g/mol. The molecule has 2 aromatic rings. The molecule has 0 atom stereocenters. The van der Waals surface area contributed by atoms with E-state index in [-0.39, 0.29) is 0 Å². The summed E-state index contributed by atoms with van der Waals surface area (Å²) >= 11 is 0. The summed E-state index contributed by atoms with van der Waals surface area (Å²) in [6.45, 7) is 0. The average Bonchev–Trinajstić information content (AvgIpc) is 2.45. The van der Waals surface area contributed by atoms with Crippen LogP contribution < -0.4 is 9.47 Å². The molecule has 0 aromatic heterocycles. The first kappa shape index (κ1) is 12.5. The lowest BCUT2D eigenvalue weighted by molar-refractivity contribution is 0.385. The molecule has 0 aliphatic carbocycles. The van der Waals surface area contributed by atoms with E-state index in [2.05, 4.69) is 24.3 Å². The number of hydrogen-bond donors (Lipinski definition) is 0. The Morgan fingerprint density at radius 3 is 1.89 bits per heavy atom. The van der Waals surface area contributed by atoms with Gasteiger partial charge in [0.25, 0.3) is 0 Å². The molecule has 0 radical (unpaired) electrons. The SMILES string of the molecule is COc1cccc(OC)c1CCc1ccccc1. The summed E-state index contributed by atoms with van der Waals surface area (Å²) in [5.41, 5.74) is 2.46. The predicted octanol–water partition coefficient (Wildman–Crippen LogP) is 3.49. The Hall–Kier alpha value is -1.96. The van der Waals surface area contributed by atoms with Crippen LogP contribution in [0, 0.1) is 0 Å². The third kappa shape index (κ3) is 2.83. The molecule has 0 saturated carbocycles. The molecule has 0 saturated heterocycles. The first-order valence-corrected chi connectivity index (χ1v) is 6.09. The number of rotatable bonds is 5. The van der Waals surface area contributed by atoms with Gasteiger partial charge in [0, 0.05) is 5.56 Å². The van der Waals surface area contributed by atoms with E-state index in [4.69, 9.17) is 9.47 Å². The smallest absolute Gasteiger partial charge is 0.125 e. The van der Waals surface area contributed by atoms with Crippen LogP contribution in [0.5, 0.6) is 11.5 Å². The predicted molar refractivity (Wildman–Crippen MR) is 73.4 cm³/mol. The summed E-state index contributed by atoms with van der Waals surface area (Å²) in [6.07, 6.45) is 1.90. The van der Waals surface area contributed by atoms with Crippen molar-refractivity contribution < 1.29 is 9.47 Å². The van der Waals surface area contributed by atoms with Gasteiger partial charge in [-0.25, -0.2) is 0 Å². The van der Waals surface area contributed by atoms with Gasteiger partial charge < -0.3 is 9.47 Å². The highest BCUT2D eigenvalue weighted by Gasteiger charge is 2.09. The molecular weight excluding hydrogens is 224 g/mol. The van der Waals surface area contributed by atoms with E-state index in [0.717, 1.165) is 29.9 Å². The van der Waals surface area contributed by atoms with Gasteiger partial charge in [-0.3, -0.25) is 0 Å². The van der Waals surface area contributed by atoms with Gasteiger partial charge in [0.15, 0.2) is 0 Å². The Kier molecular flexibility index (Phi) is 4.24. The lowest BCUT2D eigenvalue weighted by atomic mass is 10.0. The Balaban J connectivity index is 2.17. The number of ether oxygens (including phenoxy) is 2. The van der Waals surface area contributed by atoms with Crippen LogP contribution in [0.3, 0.4) is 0 Å². The van der Waals surface area contributed by atoms with E-state index in [9.17, 15) is 0 Å². The van der Waals surface area contributed by atoms with Crippen molar-refractivity contribution in [2.24, 2.45) is 0 Å². The molecule has 2 heteroatoms. The summed E-state index contributed by atoms with van der Waals surface area (Å²) in [6, 6.07) is 16.3. The highest BCUT2D eigenvalue weighted by atomic mass is 16.5. The summed E-state index contributed by atoms with van der Waals surface area (Å²) in [7, 11) is 3.39. The van der Waals surface area contributed by atoms with Gasteiger partial charge in [0.05, 0.1) is 14.2 Å². The normalized spacial score (nSPS) is 10.1. The second kappa shape index (κ2) is 6.10. The third-order valence-electron chi connectivity index (χ3n) is 3.04. The van der Waals surface area contributed by atoms with Crippen molar-refractivity contribution in [3.05, 3.63) is 59.7 Å². The van der Waals surface area contributed by atoms with Crippen molar-refractivity contribution in [2.45, 2.75) is 12.8 Å². The van der Waals surface area contributed by atoms with Crippen molar-refractivity contribution in [3.63, 3.8) is 0 Å². The number of aryl methyl sites for hydroxylation is 1. The van der Waals surface area contributed by atoms with Gasteiger partial charge in [-0.1, -0.05) is 36.4 Å². The lowest BCUT2D eigenvalue weighted by Crippen LogP contribution is -1.99. The van der Waals surface area contributed by atoms with E-state index in [1.807, 2.05) is 24.3 Å². The van der Waals surface area contributed by atoms with Gasteiger partial charge in [0.2, 0.25) is 0 Å². The Bertz CT molecular complexity index is 469. The van der Waals surface area contributed by atoms with Crippen molar-refractivity contribution in [3.8, 4) is 11.5 Å². The van der Waals surface area contributed by atoms with Gasteiger partial charge >= 0.3 is 0 Å². The highest BCUT2D eigenvalue weighted by molar-refractivity contribution is 5.45. The van der Waals surface area contributed by atoms with Crippen LogP contribution in [0.4, 0.5) is 0 Å². The summed E-state index contributed by atoms with van der Waals surface area (Å²) in [5, 5.41) is 0. The number of methoxy groups -OCH3 is 2. The fourth-order valence-corrected chi connectivity index (χ4v) is 2.09. The van der Waals surface area contributed by atoms with Crippen molar-refractivity contribution >= 4 is 0 Å². The zero-order chi connectivity index (χ0) is 12.8. The Morgan fingerprint density at radius 2 is 1.33 bits per heavy atom. The molecule has 0 aliphatic rings. The van der Waals surface area contributed by atoms with Crippen molar-refractivity contribution in [1.82, 2.24) is 0 Å². The Labute approximate surface area is 108 Å². The van der Waals surface area contributed by atoms with E-state index >= 15 is 0 Å². The third-order valence-corrected chi connectivity index (χ3v) is 3.04. The van der Waals surface area contributed by atoms with Crippen LogP contribution >= 0.6 is 0 Å². The fraction of sp³-hybridized carbons (Fsp3) is 0.250. The minimum Gasteiger partial charge on any atom is -0.496 e. The second-order valence-electron chi connectivity index (χ2n) is 4.13. The molecule has 94 valence electrons. The molecule has 0 fully saturated rings. The maximum atomic E-state index is 5.40. The molecule has 0 aliphatic heterocycles. The summed E-state index contributed by atoms with van der Waals surface area (Å²) in [5.74, 6) is 1.79. The minimum atomic E-state index is 0.894. The van der Waals surface area contributed by atoms with Crippen LogP contribution in [0.2, 0.25) is 0 Å². The zero-order valence-electron chi connectivity index (χ0n) is 10.8. The molecule has 0 spiro atoms. The fourth-order valence-electron chi connectivity index (χ4n) is 2.09. The molecular formula is C16H18O2. The average molecular weight is 242 g/mol. The van der Waals surface area contributed by atoms with Gasteiger partial charge in [0.1, 0.15) is 11.5 Å². The topological polar surface area (TPSA) is 18.5 Å². The van der Waals surface area contributed by atoms with Gasteiger partial charge in [-0.15, -0.1) is 0 Å². The maximum absolute atomic E-state index is 5.40. The van der Waals surface area contributed by atoms with Crippen LogP contribution in [0.25, 0.3) is 0 Å². The molecule has 18 heavy (non-hydrogen) atoms.